The summed E-state index contributed by atoms with van der Waals surface area (Å²) in [6.07, 6.45) is 0.864. The highest BCUT2D eigenvalue weighted by Crippen LogP contribution is 2.16. The zero-order chi connectivity index (χ0) is 19.8. The molecule has 2 amide bonds. The molecule has 0 aliphatic heterocycles. The van der Waals surface area contributed by atoms with E-state index < -0.39 is 6.04 Å². The third kappa shape index (κ3) is 6.24. The molecule has 0 heterocycles. The summed E-state index contributed by atoms with van der Waals surface area (Å²) in [6, 6.07) is 17.4. The fourth-order valence-electron chi connectivity index (χ4n) is 3.03. The highest BCUT2D eigenvalue weighted by atomic mass is 16.2. The van der Waals surface area contributed by atoms with E-state index in [0.717, 1.165) is 11.1 Å². The molecule has 27 heavy (non-hydrogen) atoms. The van der Waals surface area contributed by atoms with Gasteiger partial charge in [-0.05, 0) is 31.9 Å². The number of nitrogens with one attached hydrogen (secondary N) is 1. The van der Waals surface area contributed by atoms with E-state index in [0.29, 0.717) is 19.4 Å². The Morgan fingerprint density at radius 2 is 1.59 bits per heavy atom. The molecule has 4 nitrogen and oxygen atoms in total. The van der Waals surface area contributed by atoms with Crippen LogP contribution in [0.3, 0.4) is 0 Å². The van der Waals surface area contributed by atoms with E-state index in [9.17, 15) is 9.59 Å². The zero-order valence-corrected chi connectivity index (χ0v) is 16.7. The van der Waals surface area contributed by atoms with Crippen LogP contribution in [0.2, 0.25) is 0 Å². The second kappa shape index (κ2) is 9.91. The summed E-state index contributed by atoms with van der Waals surface area (Å²) >= 11 is 0. The maximum absolute atomic E-state index is 13.0. The lowest BCUT2D eigenvalue weighted by molar-refractivity contribution is -0.141. The van der Waals surface area contributed by atoms with E-state index in [-0.39, 0.29) is 17.9 Å². The van der Waals surface area contributed by atoms with Gasteiger partial charge in [-0.1, -0.05) is 67.1 Å². The van der Waals surface area contributed by atoms with Crippen LogP contribution >= 0.6 is 0 Å². The molecule has 0 spiro atoms. The fourth-order valence-corrected chi connectivity index (χ4v) is 3.03. The van der Waals surface area contributed by atoms with E-state index in [1.807, 2.05) is 82.3 Å². The molecule has 144 valence electrons. The highest BCUT2D eigenvalue weighted by Gasteiger charge is 2.29. The Hall–Kier alpha value is -2.62. The average molecular weight is 367 g/mol. The number of hydrogen-bond donors (Lipinski definition) is 1. The van der Waals surface area contributed by atoms with E-state index >= 15 is 0 Å². The minimum Gasteiger partial charge on any atom is -0.352 e. The molecule has 0 radical (unpaired) electrons. The van der Waals surface area contributed by atoms with Gasteiger partial charge in [-0.15, -0.1) is 0 Å². The molecule has 0 saturated carbocycles. The number of aryl methyl sites for hydroxylation is 1. The van der Waals surface area contributed by atoms with Crippen molar-refractivity contribution in [1.82, 2.24) is 10.2 Å². The number of carbonyl (C=O) groups is 2. The van der Waals surface area contributed by atoms with Gasteiger partial charge in [-0.25, -0.2) is 0 Å². The molecule has 0 bridgehead atoms. The zero-order valence-electron chi connectivity index (χ0n) is 16.7. The van der Waals surface area contributed by atoms with Crippen LogP contribution in [0.5, 0.6) is 0 Å². The van der Waals surface area contributed by atoms with Gasteiger partial charge in [0.2, 0.25) is 11.8 Å². The molecule has 0 aromatic heterocycles. The third-order valence-corrected chi connectivity index (χ3v) is 4.48. The van der Waals surface area contributed by atoms with Crippen LogP contribution in [-0.4, -0.2) is 28.8 Å². The van der Waals surface area contributed by atoms with Gasteiger partial charge in [-0.3, -0.25) is 9.59 Å². The monoisotopic (exact) mass is 366 g/mol. The van der Waals surface area contributed by atoms with Gasteiger partial charge >= 0.3 is 0 Å². The minimum atomic E-state index is -0.538. The van der Waals surface area contributed by atoms with Gasteiger partial charge in [-0.2, -0.15) is 0 Å². The van der Waals surface area contributed by atoms with Gasteiger partial charge < -0.3 is 10.2 Å². The lowest BCUT2D eigenvalue weighted by Crippen LogP contribution is -2.51. The molecule has 1 atom stereocenters. The average Bonchev–Trinajstić information content (AvgIpc) is 2.65. The van der Waals surface area contributed by atoms with Crippen molar-refractivity contribution >= 4 is 11.8 Å². The van der Waals surface area contributed by atoms with Crippen molar-refractivity contribution in [2.24, 2.45) is 0 Å². The Kier molecular flexibility index (Phi) is 7.59. The first-order valence-corrected chi connectivity index (χ1v) is 9.60. The maximum Gasteiger partial charge on any atom is 0.243 e. The molecule has 2 aromatic carbocycles. The lowest BCUT2D eigenvalue weighted by Gasteiger charge is -2.32. The van der Waals surface area contributed by atoms with E-state index in [4.69, 9.17) is 0 Å². The SMILES string of the molecule is CCC(=O)N(Cc1ccc(C)cc1)C(Cc1ccccc1)C(=O)NC(C)C. The van der Waals surface area contributed by atoms with Gasteiger partial charge in [0.15, 0.2) is 0 Å². The molecule has 1 unspecified atom stereocenters. The summed E-state index contributed by atoms with van der Waals surface area (Å²) in [7, 11) is 0. The van der Waals surface area contributed by atoms with Crippen LogP contribution in [-0.2, 0) is 22.6 Å². The number of nitrogens with zero attached hydrogens (tertiary/aromatic N) is 1. The van der Waals surface area contributed by atoms with Crippen LogP contribution in [0.15, 0.2) is 54.6 Å². The van der Waals surface area contributed by atoms with Crippen LogP contribution in [0.1, 0.15) is 43.9 Å². The van der Waals surface area contributed by atoms with Crippen LogP contribution in [0, 0.1) is 6.92 Å². The van der Waals surface area contributed by atoms with Crippen LogP contribution in [0.25, 0.3) is 0 Å². The molecule has 1 N–H and O–H groups in total. The Labute approximate surface area is 162 Å². The largest absolute Gasteiger partial charge is 0.352 e. The second-order valence-corrected chi connectivity index (χ2v) is 7.23. The number of benzene rings is 2. The Morgan fingerprint density at radius 1 is 0.963 bits per heavy atom. The normalized spacial score (nSPS) is 11.9. The topological polar surface area (TPSA) is 49.4 Å². The molecular formula is C23H30N2O2. The van der Waals surface area contributed by atoms with E-state index in [1.54, 1.807) is 4.90 Å². The summed E-state index contributed by atoms with van der Waals surface area (Å²) in [5.41, 5.74) is 3.24. The first-order valence-electron chi connectivity index (χ1n) is 9.60. The van der Waals surface area contributed by atoms with Crippen molar-refractivity contribution in [2.45, 2.75) is 59.2 Å². The molecule has 2 aromatic rings. The van der Waals surface area contributed by atoms with E-state index in [1.165, 1.54) is 5.56 Å². The van der Waals surface area contributed by atoms with Crippen molar-refractivity contribution in [3.05, 3.63) is 71.3 Å². The summed E-state index contributed by atoms with van der Waals surface area (Å²) in [5, 5.41) is 2.98. The first kappa shape index (κ1) is 20.7. The molecule has 0 fully saturated rings. The molecule has 2 rings (SSSR count). The van der Waals surface area contributed by atoms with Crippen molar-refractivity contribution in [3.8, 4) is 0 Å². The Morgan fingerprint density at radius 3 is 2.15 bits per heavy atom. The van der Waals surface area contributed by atoms with Gasteiger partial charge in [0, 0.05) is 25.4 Å². The molecular weight excluding hydrogens is 336 g/mol. The summed E-state index contributed by atoms with van der Waals surface area (Å²) in [6.45, 7) is 8.17. The van der Waals surface area contributed by atoms with Crippen LogP contribution in [0.4, 0.5) is 0 Å². The Balaban J connectivity index is 2.33. The van der Waals surface area contributed by atoms with E-state index in [2.05, 4.69) is 5.32 Å². The molecule has 0 aliphatic rings. The quantitative estimate of drug-likeness (QED) is 0.771. The van der Waals surface area contributed by atoms with Crippen molar-refractivity contribution in [2.75, 3.05) is 0 Å². The first-order chi connectivity index (χ1) is 12.9. The standard InChI is InChI=1S/C23H30N2O2/c1-5-22(26)25(16-20-13-11-18(4)12-14-20)21(23(27)24-17(2)3)15-19-9-7-6-8-10-19/h6-14,17,21H,5,15-16H2,1-4H3,(H,24,27). The number of rotatable bonds is 8. The number of amides is 2. The number of carbonyl (C=O) groups excluding carboxylic acids is 2. The molecule has 4 heteroatoms. The second-order valence-electron chi connectivity index (χ2n) is 7.23. The van der Waals surface area contributed by atoms with Crippen molar-refractivity contribution in [1.29, 1.82) is 0 Å². The maximum atomic E-state index is 13.0. The molecule has 0 saturated heterocycles. The summed E-state index contributed by atoms with van der Waals surface area (Å²) in [5.74, 6) is -0.127. The Bertz CT molecular complexity index is 739. The van der Waals surface area contributed by atoms with Crippen molar-refractivity contribution in [3.63, 3.8) is 0 Å². The number of hydrogen-bond acceptors (Lipinski definition) is 2. The smallest absolute Gasteiger partial charge is 0.243 e. The van der Waals surface area contributed by atoms with Crippen molar-refractivity contribution < 1.29 is 9.59 Å². The fraction of sp³-hybridized carbons (Fsp3) is 0.391. The predicted molar refractivity (Wildman–Crippen MR) is 109 cm³/mol. The summed E-state index contributed by atoms with van der Waals surface area (Å²) in [4.78, 5) is 27.4. The third-order valence-electron chi connectivity index (χ3n) is 4.48. The minimum absolute atomic E-state index is 0.0181. The molecule has 0 aliphatic carbocycles. The predicted octanol–water partition coefficient (Wildman–Crippen LogP) is 3.87. The van der Waals surface area contributed by atoms with Gasteiger partial charge in [0.1, 0.15) is 6.04 Å². The van der Waals surface area contributed by atoms with Gasteiger partial charge in [0.05, 0.1) is 0 Å². The lowest BCUT2D eigenvalue weighted by atomic mass is 10.0. The van der Waals surface area contributed by atoms with Gasteiger partial charge in [0.25, 0.3) is 0 Å². The summed E-state index contributed by atoms with van der Waals surface area (Å²) < 4.78 is 0. The highest BCUT2D eigenvalue weighted by molar-refractivity contribution is 5.88. The van der Waals surface area contributed by atoms with Crippen LogP contribution < -0.4 is 5.32 Å².